The summed E-state index contributed by atoms with van der Waals surface area (Å²) in [6.07, 6.45) is 0.795. The van der Waals surface area contributed by atoms with Gasteiger partial charge in [0.05, 0.1) is 12.5 Å². The van der Waals surface area contributed by atoms with E-state index in [9.17, 15) is 4.79 Å². The minimum Gasteiger partial charge on any atom is -0.381 e. The Morgan fingerprint density at radius 1 is 1.78 bits per heavy atom. The van der Waals surface area contributed by atoms with Gasteiger partial charge in [-0.2, -0.15) is 0 Å². The highest BCUT2D eigenvalue weighted by molar-refractivity contribution is 5.78. The first-order valence-corrected chi connectivity index (χ1v) is 2.93. The van der Waals surface area contributed by atoms with Crippen LogP contribution in [0.1, 0.15) is 6.42 Å². The summed E-state index contributed by atoms with van der Waals surface area (Å²) < 4.78 is 4.96. The lowest BCUT2D eigenvalue weighted by molar-refractivity contribution is -0.125. The van der Waals surface area contributed by atoms with Crippen molar-refractivity contribution < 1.29 is 9.53 Å². The maximum atomic E-state index is 10.7. The van der Waals surface area contributed by atoms with E-state index in [0.29, 0.717) is 13.2 Å². The van der Waals surface area contributed by atoms with Gasteiger partial charge in [-0.05, 0) is 6.42 Å². The zero-order valence-electron chi connectivity index (χ0n) is 5.09. The predicted octanol–water partition coefficient (Wildman–Crippen LogP) is -0.987. The first-order chi connectivity index (χ1) is 4.34. The van der Waals surface area contributed by atoms with Crippen LogP contribution in [0.15, 0.2) is 0 Å². The van der Waals surface area contributed by atoms with Gasteiger partial charge in [0, 0.05) is 6.61 Å². The smallest absolute Gasteiger partial charge is 0.239 e. The van der Waals surface area contributed by atoms with E-state index in [2.05, 4.69) is 5.43 Å². The Morgan fingerprint density at radius 2 is 2.56 bits per heavy atom. The molecule has 1 heterocycles. The second-order valence-corrected chi connectivity index (χ2v) is 2.07. The molecule has 0 aromatic rings. The van der Waals surface area contributed by atoms with Gasteiger partial charge in [-0.3, -0.25) is 10.2 Å². The summed E-state index contributed by atoms with van der Waals surface area (Å²) in [7, 11) is 0. The number of rotatable bonds is 1. The van der Waals surface area contributed by atoms with Crippen LogP contribution in [-0.4, -0.2) is 19.1 Å². The average Bonchev–Trinajstić information content (AvgIpc) is 2.37. The van der Waals surface area contributed by atoms with Crippen molar-refractivity contribution in [3.63, 3.8) is 0 Å². The predicted molar refractivity (Wildman–Crippen MR) is 31.3 cm³/mol. The monoisotopic (exact) mass is 130 g/mol. The van der Waals surface area contributed by atoms with Crippen LogP contribution in [0.25, 0.3) is 0 Å². The molecule has 3 N–H and O–H groups in total. The summed E-state index contributed by atoms with van der Waals surface area (Å²) in [5, 5.41) is 0. The van der Waals surface area contributed by atoms with Crippen molar-refractivity contribution in [3.8, 4) is 0 Å². The Hall–Kier alpha value is -0.610. The first kappa shape index (κ1) is 6.51. The van der Waals surface area contributed by atoms with Gasteiger partial charge in [-0.1, -0.05) is 0 Å². The van der Waals surface area contributed by atoms with Crippen LogP contribution < -0.4 is 11.3 Å². The zero-order valence-corrected chi connectivity index (χ0v) is 5.09. The van der Waals surface area contributed by atoms with Crippen molar-refractivity contribution in [2.45, 2.75) is 6.42 Å². The van der Waals surface area contributed by atoms with Crippen LogP contribution in [0.4, 0.5) is 0 Å². The van der Waals surface area contributed by atoms with Crippen molar-refractivity contribution in [3.05, 3.63) is 0 Å². The van der Waals surface area contributed by atoms with Gasteiger partial charge >= 0.3 is 0 Å². The Kier molecular flexibility index (Phi) is 2.02. The molecule has 9 heavy (non-hydrogen) atoms. The second kappa shape index (κ2) is 2.80. The molecule has 1 aliphatic heterocycles. The standard InChI is InChI=1S/C5H10N2O2/c6-7-5(8)4-1-2-9-3-4/h4H,1-3,6H2,(H,7,8)/t4-/m1/s1. The molecular weight excluding hydrogens is 120 g/mol. The van der Waals surface area contributed by atoms with Crippen LogP contribution in [0.5, 0.6) is 0 Å². The number of nitrogens with two attached hydrogens (primary N) is 1. The molecule has 1 atom stereocenters. The van der Waals surface area contributed by atoms with Crippen molar-refractivity contribution >= 4 is 5.91 Å². The minimum absolute atomic E-state index is 0.0185. The van der Waals surface area contributed by atoms with E-state index in [-0.39, 0.29) is 11.8 Å². The third-order valence-corrected chi connectivity index (χ3v) is 1.44. The van der Waals surface area contributed by atoms with E-state index in [1.165, 1.54) is 0 Å². The van der Waals surface area contributed by atoms with E-state index in [1.54, 1.807) is 0 Å². The quantitative estimate of drug-likeness (QED) is 0.272. The van der Waals surface area contributed by atoms with Crippen LogP contribution >= 0.6 is 0 Å². The number of hydrazine groups is 1. The summed E-state index contributed by atoms with van der Waals surface area (Å²) in [5.74, 6) is 4.76. The van der Waals surface area contributed by atoms with E-state index in [0.717, 1.165) is 6.42 Å². The molecule has 0 radical (unpaired) electrons. The molecule has 0 unspecified atom stereocenters. The average molecular weight is 130 g/mol. The van der Waals surface area contributed by atoms with E-state index in [1.807, 2.05) is 0 Å². The molecule has 1 rings (SSSR count). The summed E-state index contributed by atoms with van der Waals surface area (Å²) in [5.41, 5.74) is 2.09. The summed E-state index contributed by atoms with van der Waals surface area (Å²) in [6, 6.07) is 0. The Morgan fingerprint density at radius 3 is 3.00 bits per heavy atom. The Balaban J connectivity index is 2.32. The van der Waals surface area contributed by atoms with Gasteiger partial charge in [-0.25, -0.2) is 5.84 Å². The largest absolute Gasteiger partial charge is 0.381 e. The summed E-state index contributed by atoms with van der Waals surface area (Å²) in [6.45, 7) is 1.20. The first-order valence-electron chi connectivity index (χ1n) is 2.93. The molecule has 0 bridgehead atoms. The molecule has 0 aromatic heterocycles. The molecule has 1 saturated heterocycles. The zero-order chi connectivity index (χ0) is 6.69. The minimum atomic E-state index is -0.118. The molecule has 4 nitrogen and oxygen atoms in total. The maximum absolute atomic E-state index is 10.7. The van der Waals surface area contributed by atoms with Crippen molar-refractivity contribution in [2.24, 2.45) is 11.8 Å². The van der Waals surface area contributed by atoms with E-state index < -0.39 is 0 Å². The molecular formula is C5H10N2O2. The van der Waals surface area contributed by atoms with Crippen LogP contribution in [-0.2, 0) is 9.53 Å². The van der Waals surface area contributed by atoms with Crippen molar-refractivity contribution in [2.75, 3.05) is 13.2 Å². The fraction of sp³-hybridized carbons (Fsp3) is 0.800. The molecule has 0 spiro atoms. The molecule has 1 aliphatic rings. The molecule has 0 aromatic carbocycles. The Labute approximate surface area is 53.3 Å². The third kappa shape index (κ3) is 1.40. The van der Waals surface area contributed by atoms with Gasteiger partial charge in [-0.15, -0.1) is 0 Å². The normalized spacial score (nSPS) is 26.1. The molecule has 0 aliphatic carbocycles. The highest BCUT2D eigenvalue weighted by atomic mass is 16.5. The number of amides is 1. The Bertz CT molecular complexity index is 110. The lowest BCUT2D eigenvalue weighted by atomic mass is 10.1. The highest BCUT2D eigenvalue weighted by Gasteiger charge is 2.22. The SMILES string of the molecule is NNC(=O)[C@@H]1CCOC1. The third-order valence-electron chi connectivity index (χ3n) is 1.44. The van der Waals surface area contributed by atoms with Gasteiger partial charge in [0.1, 0.15) is 0 Å². The number of carbonyl (C=O) groups excluding carboxylic acids is 1. The van der Waals surface area contributed by atoms with Crippen LogP contribution in [0, 0.1) is 5.92 Å². The fourth-order valence-corrected chi connectivity index (χ4v) is 0.859. The maximum Gasteiger partial charge on any atom is 0.239 e. The van der Waals surface area contributed by atoms with Gasteiger partial charge < -0.3 is 4.74 Å². The highest BCUT2D eigenvalue weighted by Crippen LogP contribution is 2.10. The lowest BCUT2D eigenvalue weighted by Crippen LogP contribution is -2.36. The van der Waals surface area contributed by atoms with Crippen molar-refractivity contribution in [1.29, 1.82) is 0 Å². The lowest BCUT2D eigenvalue weighted by Gasteiger charge is -2.02. The van der Waals surface area contributed by atoms with Crippen molar-refractivity contribution in [1.82, 2.24) is 5.43 Å². The van der Waals surface area contributed by atoms with Gasteiger partial charge in [0.2, 0.25) is 5.91 Å². The van der Waals surface area contributed by atoms with E-state index >= 15 is 0 Å². The number of carbonyl (C=O) groups is 1. The van der Waals surface area contributed by atoms with E-state index in [4.69, 9.17) is 10.6 Å². The summed E-state index contributed by atoms with van der Waals surface area (Å²) in [4.78, 5) is 10.7. The number of ether oxygens (including phenoxy) is 1. The number of hydrogen-bond acceptors (Lipinski definition) is 3. The molecule has 4 heteroatoms. The van der Waals surface area contributed by atoms with Gasteiger partial charge in [0.15, 0.2) is 0 Å². The molecule has 1 fully saturated rings. The second-order valence-electron chi connectivity index (χ2n) is 2.07. The topological polar surface area (TPSA) is 64.3 Å². The van der Waals surface area contributed by atoms with Gasteiger partial charge in [0.25, 0.3) is 0 Å². The number of nitrogens with one attached hydrogen (secondary N) is 1. The van der Waals surface area contributed by atoms with Crippen LogP contribution in [0.3, 0.4) is 0 Å². The summed E-state index contributed by atoms with van der Waals surface area (Å²) >= 11 is 0. The molecule has 0 saturated carbocycles. The fourth-order valence-electron chi connectivity index (χ4n) is 0.859. The molecule has 1 amide bonds. The van der Waals surface area contributed by atoms with Crippen LogP contribution in [0.2, 0.25) is 0 Å². The molecule has 52 valence electrons. The number of hydrogen-bond donors (Lipinski definition) is 2.